The number of halogens is 1. The van der Waals surface area contributed by atoms with Crippen molar-refractivity contribution in [1.82, 2.24) is 0 Å². The van der Waals surface area contributed by atoms with E-state index < -0.39 is 10.9 Å². The van der Waals surface area contributed by atoms with Crippen molar-refractivity contribution in [1.29, 1.82) is 0 Å². The number of carboxylic acid groups (broad SMARTS) is 1. The second-order valence-electron chi connectivity index (χ2n) is 4.25. The van der Waals surface area contributed by atoms with Gasteiger partial charge in [0.05, 0.1) is 10.5 Å². The van der Waals surface area contributed by atoms with Crippen molar-refractivity contribution < 1.29 is 14.8 Å². The van der Waals surface area contributed by atoms with Gasteiger partial charge in [0, 0.05) is 6.07 Å². The molecule has 0 spiro atoms. The van der Waals surface area contributed by atoms with Crippen molar-refractivity contribution in [2.45, 2.75) is 0 Å². The summed E-state index contributed by atoms with van der Waals surface area (Å²) >= 11 is 5.76. The number of hydrogen-bond donors (Lipinski definition) is 1. The van der Waals surface area contributed by atoms with Crippen LogP contribution >= 0.6 is 11.6 Å². The molecule has 0 aliphatic carbocycles. The van der Waals surface area contributed by atoms with E-state index in [9.17, 15) is 20.0 Å². The maximum Gasteiger partial charge on any atom is 0.336 e. The van der Waals surface area contributed by atoms with Crippen molar-refractivity contribution in [3.05, 3.63) is 80.9 Å². The first-order chi connectivity index (χ1) is 9.91. The molecular formula is C15H10ClNO4. The van der Waals surface area contributed by atoms with Gasteiger partial charge in [-0.15, -0.1) is 0 Å². The van der Waals surface area contributed by atoms with E-state index in [0.717, 1.165) is 0 Å². The normalized spacial score (nSPS) is 10.1. The first-order valence-electron chi connectivity index (χ1n) is 5.87. The highest BCUT2D eigenvalue weighted by Crippen LogP contribution is 2.31. The summed E-state index contributed by atoms with van der Waals surface area (Å²) < 4.78 is 0. The van der Waals surface area contributed by atoms with E-state index in [1.54, 1.807) is 24.3 Å². The van der Waals surface area contributed by atoms with E-state index in [1.165, 1.54) is 18.2 Å². The smallest absolute Gasteiger partial charge is 0.336 e. The number of rotatable bonds is 4. The number of nitro groups is 1. The Morgan fingerprint density at radius 2 is 1.81 bits per heavy atom. The minimum atomic E-state index is -1.09. The van der Waals surface area contributed by atoms with E-state index in [1.807, 2.05) is 0 Å². The molecule has 1 N–H and O–H groups in total. The van der Waals surface area contributed by atoms with Gasteiger partial charge in [0.25, 0.3) is 5.69 Å². The van der Waals surface area contributed by atoms with Crippen LogP contribution in [0.1, 0.15) is 21.5 Å². The van der Waals surface area contributed by atoms with Crippen molar-refractivity contribution in [3.8, 4) is 0 Å². The third-order valence-electron chi connectivity index (χ3n) is 2.97. The molecule has 0 fully saturated rings. The molecule has 0 aliphatic heterocycles. The molecule has 0 radical (unpaired) electrons. The fourth-order valence-electron chi connectivity index (χ4n) is 1.93. The number of aromatic carboxylic acids is 1. The lowest BCUT2D eigenvalue weighted by atomic mass is 9.95. The lowest BCUT2D eigenvalue weighted by Gasteiger charge is -2.10. The molecule has 0 bridgehead atoms. The van der Waals surface area contributed by atoms with E-state index in [0.29, 0.717) is 16.7 Å². The lowest BCUT2D eigenvalue weighted by Crippen LogP contribution is -2.02. The van der Waals surface area contributed by atoms with Crippen LogP contribution in [0.5, 0.6) is 0 Å². The van der Waals surface area contributed by atoms with Crippen LogP contribution in [0, 0.1) is 10.1 Å². The van der Waals surface area contributed by atoms with Gasteiger partial charge >= 0.3 is 5.97 Å². The molecule has 2 aromatic carbocycles. The molecular weight excluding hydrogens is 294 g/mol. The molecule has 0 saturated heterocycles. The van der Waals surface area contributed by atoms with Crippen LogP contribution < -0.4 is 0 Å². The molecule has 106 valence electrons. The Kier molecular flexibility index (Phi) is 4.05. The fraction of sp³-hybridized carbons (Fsp3) is 0. The van der Waals surface area contributed by atoms with Gasteiger partial charge in [0.15, 0.2) is 0 Å². The molecule has 2 rings (SSSR count). The Hall–Kier alpha value is -2.66. The number of nitro benzene ring substituents is 1. The van der Waals surface area contributed by atoms with Crippen LogP contribution in [-0.2, 0) is 0 Å². The van der Waals surface area contributed by atoms with Crippen LogP contribution in [0.15, 0.2) is 49.0 Å². The lowest BCUT2D eigenvalue weighted by molar-refractivity contribution is -0.384. The van der Waals surface area contributed by atoms with Crippen LogP contribution in [0.25, 0.3) is 5.57 Å². The molecule has 0 heterocycles. The average Bonchev–Trinajstić information content (AvgIpc) is 2.46. The highest BCUT2D eigenvalue weighted by Gasteiger charge is 2.17. The van der Waals surface area contributed by atoms with Crippen LogP contribution in [0.3, 0.4) is 0 Å². The Morgan fingerprint density at radius 1 is 1.19 bits per heavy atom. The van der Waals surface area contributed by atoms with Gasteiger partial charge in [0.2, 0.25) is 0 Å². The van der Waals surface area contributed by atoms with Gasteiger partial charge in [-0.2, -0.15) is 0 Å². The zero-order valence-electron chi connectivity index (χ0n) is 10.7. The third-order valence-corrected chi connectivity index (χ3v) is 3.29. The molecule has 0 aliphatic rings. The van der Waals surface area contributed by atoms with Crippen molar-refractivity contribution in [2.24, 2.45) is 0 Å². The molecule has 5 nitrogen and oxygen atoms in total. The minimum absolute atomic E-state index is 0.0167. The second kappa shape index (κ2) is 5.76. The first kappa shape index (κ1) is 14.7. The van der Waals surface area contributed by atoms with E-state index in [2.05, 4.69) is 6.58 Å². The summed E-state index contributed by atoms with van der Waals surface area (Å²) in [4.78, 5) is 21.5. The van der Waals surface area contributed by atoms with Gasteiger partial charge in [-0.1, -0.05) is 42.4 Å². The molecule has 2 aromatic rings. The van der Waals surface area contributed by atoms with Crippen molar-refractivity contribution in [2.75, 3.05) is 0 Å². The zero-order valence-corrected chi connectivity index (χ0v) is 11.5. The highest BCUT2D eigenvalue weighted by molar-refractivity contribution is 6.32. The summed E-state index contributed by atoms with van der Waals surface area (Å²) in [6.07, 6.45) is 0. The Labute approximate surface area is 125 Å². The molecule has 0 unspecified atom stereocenters. The third kappa shape index (κ3) is 2.93. The van der Waals surface area contributed by atoms with E-state index in [4.69, 9.17) is 11.6 Å². The summed E-state index contributed by atoms with van der Waals surface area (Å²) in [7, 11) is 0. The Bertz CT molecular complexity index is 755. The Balaban J connectivity index is 2.53. The molecule has 0 amide bonds. The molecule has 0 saturated carbocycles. The maximum absolute atomic E-state index is 11.2. The standard InChI is InChI=1S/C15H10ClNO4/c1-9(11-4-2-3-5-12(11)15(18)19)10-6-7-13(16)14(8-10)17(20)21/h2-8H,1H2,(H,18,19). The molecule has 21 heavy (non-hydrogen) atoms. The number of carbonyl (C=O) groups is 1. The Morgan fingerprint density at radius 3 is 2.38 bits per heavy atom. The monoisotopic (exact) mass is 303 g/mol. The van der Waals surface area contributed by atoms with Crippen molar-refractivity contribution >= 4 is 28.8 Å². The van der Waals surface area contributed by atoms with Gasteiger partial charge in [-0.25, -0.2) is 4.79 Å². The largest absolute Gasteiger partial charge is 0.478 e. The topological polar surface area (TPSA) is 80.4 Å². The predicted molar refractivity (Wildman–Crippen MR) is 79.6 cm³/mol. The summed E-state index contributed by atoms with van der Waals surface area (Å²) in [5.41, 5.74) is 1.07. The van der Waals surface area contributed by atoms with E-state index >= 15 is 0 Å². The zero-order chi connectivity index (χ0) is 15.6. The van der Waals surface area contributed by atoms with E-state index in [-0.39, 0.29) is 16.3 Å². The average molecular weight is 304 g/mol. The first-order valence-corrected chi connectivity index (χ1v) is 6.25. The molecule has 0 atom stereocenters. The fourth-order valence-corrected chi connectivity index (χ4v) is 2.12. The van der Waals surface area contributed by atoms with Gasteiger partial charge < -0.3 is 5.11 Å². The summed E-state index contributed by atoms with van der Waals surface area (Å²) in [6, 6.07) is 10.6. The second-order valence-corrected chi connectivity index (χ2v) is 4.66. The van der Waals surface area contributed by atoms with Gasteiger partial charge in [-0.3, -0.25) is 10.1 Å². The quantitative estimate of drug-likeness (QED) is 0.683. The number of hydrogen-bond acceptors (Lipinski definition) is 3. The molecule has 0 aromatic heterocycles. The summed E-state index contributed by atoms with van der Waals surface area (Å²) in [6.45, 7) is 3.84. The van der Waals surface area contributed by atoms with Crippen molar-refractivity contribution in [3.63, 3.8) is 0 Å². The molecule has 6 heteroatoms. The van der Waals surface area contributed by atoms with Crippen LogP contribution in [0.2, 0.25) is 5.02 Å². The number of carboxylic acids is 1. The highest BCUT2D eigenvalue weighted by atomic mass is 35.5. The maximum atomic E-state index is 11.2. The van der Waals surface area contributed by atoms with Gasteiger partial charge in [0.1, 0.15) is 5.02 Å². The van der Waals surface area contributed by atoms with Gasteiger partial charge in [-0.05, 0) is 28.8 Å². The predicted octanol–water partition coefficient (Wildman–Crippen LogP) is 4.01. The SMILES string of the molecule is C=C(c1ccc(Cl)c([N+](=O)[O-])c1)c1ccccc1C(=O)O. The van der Waals surface area contributed by atoms with Crippen LogP contribution in [-0.4, -0.2) is 16.0 Å². The number of benzene rings is 2. The van der Waals surface area contributed by atoms with Crippen LogP contribution in [0.4, 0.5) is 5.69 Å². The summed E-state index contributed by atoms with van der Waals surface area (Å²) in [5.74, 6) is -1.09. The number of nitrogens with zero attached hydrogens (tertiary/aromatic N) is 1. The minimum Gasteiger partial charge on any atom is -0.478 e. The summed E-state index contributed by atoms with van der Waals surface area (Å²) in [5, 5.41) is 20.1.